The zero-order chi connectivity index (χ0) is 7.56. The van der Waals surface area contributed by atoms with Crippen molar-refractivity contribution in [3.63, 3.8) is 0 Å². The van der Waals surface area contributed by atoms with Crippen molar-refractivity contribution in [2.24, 2.45) is 16.0 Å². The molecule has 0 amide bonds. The summed E-state index contributed by atoms with van der Waals surface area (Å²) in [7, 11) is 0. The van der Waals surface area contributed by atoms with Gasteiger partial charge in [0, 0.05) is 21.8 Å². The van der Waals surface area contributed by atoms with Crippen LogP contribution in [0, 0.1) is 5.92 Å². The predicted octanol–water partition coefficient (Wildman–Crippen LogP) is 0.235. The molecule has 0 aromatic heterocycles. The van der Waals surface area contributed by atoms with Crippen LogP contribution in [0.5, 0.6) is 0 Å². The fraction of sp³-hybridized carbons (Fsp3) is 0.667. The lowest BCUT2D eigenvalue weighted by molar-refractivity contribution is -0.806. The maximum atomic E-state index is 4.16. The summed E-state index contributed by atoms with van der Waals surface area (Å²) in [5.74, 6) is 0.656. The number of aliphatic imine (C=N–C) groups is 1. The van der Waals surface area contributed by atoms with Gasteiger partial charge >= 0.3 is 0 Å². The zero-order valence-corrected chi connectivity index (χ0v) is 7.72. The highest BCUT2D eigenvalue weighted by molar-refractivity contribution is 9.18. The predicted molar refractivity (Wildman–Crippen MR) is 45.5 cm³/mol. The van der Waals surface area contributed by atoms with Crippen molar-refractivity contribution in [1.29, 1.82) is 0 Å². The molecule has 4 heteroatoms. The van der Waals surface area contributed by atoms with Crippen molar-refractivity contribution >= 4 is 27.0 Å². The molecular weight excluding hydrogens is 194 g/mol. The molecule has 1 N–H and O–H groups in total. The van der Waals surface area contributed by atoms with Gasteiger partial charge in [0.2, 0.25) is 6.34 Å². The van der Waals surface area contributed by atoms with Gasteiger partial charge in [0.25, 0.3) is 4.74 Å². The Labute approximate surface area is 68.9 Å². The lowest BCUT2D eigenvalue weighted by Crippen LogP contribution is -3.06. The minimum atomic E-state index is 0.656. The second kappa shape index (κ2) is 3.25. The fourth-order valence-electron chi connectivity index (χ4n) is 0.821. The lowest BCUT2D eigenvalue weighted by atomic mass is 10.2. The van der Waals surface area contributed by atoms with E-state index < -0.39 is 0 Å². The smallest absolute Gasteiger partial charge is 0.170 e. The van der Waals surface area contributed by atoms with Crippen molar-refractivity contribution in [3.05, 3.63) is 0 Å². The Balaban J connectivity index is 2.40. The summed E-state index contributed by atoms with van der Waals surface area (Å²) in [5, 5.41) is 5.23. The van der Waals surface area contributed by atoms with Crippen LogP contribution >= 0.6 is 15.9 Å². The SMILES string of the molecule is CC(C)C[NH+]1C=NC(Br)=N1. The monoisotopic (exact) mass is 204 g/mol. The third-order valence-corrected chi connectivity index (χ3v) is 1.56. The number of hydrogen-bond acceptors (Lipinski definition) is 2. The molecule has 10 heavy (non-hydrogen) atoms. The Morgan fingerprint density at radius 2 is 2.40 bits per heavy atom. The second-order valence-electron chi connectivity index (χ2n) is 2.73. The van der Waals surface area contributed by atoms with Crippen molar-refractivity contribution in [1.82, 2.24) is 0 Å². The highest BCUT2D eigenvalue weighted by Crippen LogP contribution is 1.91. The largest absolute Gasteiger partial charge is 0.256 e. The number of nitrogens with one attached hydrogen (secondary N) is 1. The van der Waals surface area contributed by atoms with Crippen LogP contribution in [-0.4, -0.2) is 17.6 Å². The van der Waals surface area contributed by atoms with E-state index in [-0.39, 0.29) is 0 Å². The van der Waals surface area contributed by atoms with Crippen LogP contribution in [0.3, 0.4) is 0 Å². The van der Waals surface area contributed by atoms with Gasteiger partial charge in [-0.15, -0.1) is 0 Å². The molecule has 0 spiro atoms. The van der Waals surface area contributed by atoms with Crippen LogP contribution in [0.4, 0.5) is 0 Å². The first-order valence-corrected chi connectivity index (χ1v) is 4.12. The molecule has 0 aliphatic carbocycles. The summed E-state index contributed by atoms with van der Waals surface area (Å²) in [6.07, 6.45) is 1.81. The molecule has 0 fully saturated rings. The number of quaternary nitrogens is 1. The summed E-state index contributed by atoms with van der Waals surface area (Å²) < 4.78 is 0.697. The molecule has 3 nitrogen and oxygen atoms in total. The maximum absolute atomic E-state index is 4.16. The molecule has 0 radical (unpaired) electrons. The number of amidine groups is 1. The quantitative estimate of drug-likeness (QED) is 0.625. The molecule has 0 saturated carbocycles. The Morgan fingerprint density at radius 1 is 1.70 bits per heavy atom. The molecule has 1 aliphatic rings. The molecule has 56 valence electrons. The topological polar surface area (TPSA) is 29.2 Å². The highest BCUT2D eigenvalue weighted by atomic mass is 79.9. The van der Waals surface area contributed by atoms with Crippen LogP contribution in [0.25, 0.3) is 0 Å². The average molecular weight is 205 g/mol. The van der Waals surface area contributed by atoms with E-state index in [0.29, 0.717) is 10.7 Å². The Morgan fingerprint density at radius 3 is 2.80 bits per heavy atom. The van der Waals surface area contributed by atoms with Crippen LogP contribution in [0.15, 0.2) is 10.1 Å². The van der Waals surface area contributed by atoms with Gasteiger partial charge in [-0.05, 0) is 5.10 Å². The maximum Gasteiger partial charge on any atom is 0.256 e. The third kappa shape index (κ3) is 2.19. The first kappa shape index (κ1) is 7.88. The van der Waals surface area contributed by atoms with Gasteiger partial charge in [-0.3, -0.25) is 0 Å². The zero-order valence-electron chi connectivity index (χ0n) is 6.13. The van der Waals surface area contributed by atoms with E-state index in [0.717, 1.165) is 11.6 Å². The van der Waals surface area contributed by atoms with Crippen LogP contribution in [0.1, 0.15) is 13.8 Å². The van der Waals surface area contributed by atoms with Gasteiger partial charge in [-0.25, -0.2) is 0 Å². The molecule has 1 unspecified atom stereocenters. The van der Waals surface area contributed by atoms with Crippen molar-refractivity contribution in [3.8, 4) is 0 Å². The van der Waals surface area contributed by atoms with Gasteiger partial charge in [0.15, 0.2) is 0 Å². The lowest BCUT2D eigenvalue weighted by Gasteiger charge is -2.04. The van der Waals surface area contributed by atoms with Crippen molar-refractivity contribution in [2.45, 2.75) is 13.8 Å². The van der Waals surface area contributed by atoms with E-state index >= 15 is 0 Å². The van der Waals surface area contributed by atoms with Gasteiger partial charge in [0.1, 0.15) is 6.54 Å². The molecule has 1 aliphatic heterocycles. The summed E-state index contributed by atoms with van der Waals surface area (Å²) in [4.78, 5) is 3.98. The van der Waals surface area contributed by atoms with Gasteiger partial charge in [-0.2, -0.15) is 10.0 Å². The minimum absolute atomic E-state index is 0.656. The number of halogens is 1. The molecule has 0 saturated heterocycles. The molecule has 0 aromatic carbocycles. The fourth-order valence-corrected chi connectivity index (χ4v) is 1.15. The first-order chi connectivity index (χ1) is 4.68. The Hall–Kier alpha value is -0.220. The van der Waals surface area contributed by atoms with E-state index in [1.165, 1.54) is 0 Å². The molecule has 1 rings (SSSR count). The van der Waals surface area contributed by atoms with E-state index in [9.17, 15) is 0 Å². The van der Waals surface area contributed by atoms with Crippen LogP contribution < -0.4 is 5.01 Å². The van der Waals surface area contributed by atoms with Gasteiger partial charge < -0.3 is 0 Å². The standard InChI is InChI=1S/C6H10BrN3/c1-5(2)3-10-4-8-6(7)9-10/h4-5H,3H2,1-2H3/p+1. The average Bonchev–Trinajstić information content (AvgIpc) is 2.13. The normalized spacial score (nSPS) is 24.0. The number of nitrogens with zero attached hydrogens (tertiary/aromatic N) is 2. The molecule has 1 heterocycles. The van der Waals surface area contributed by atoms with Crippen LogP contribution in [-0.2, 0) is 0 Å². The summed E-state index contributed by atoms with van der Waals surface area (Å²) >= 11 is 3.20. The molecular formula is C6H11BrN3+. The Bertz CT molecular complexity index is 174. The van der Waals surface area contributed by atoms with E-state index in [1.54, 1.807) is 0 Å². The van der Waals surface area contributed by atoms with E-state index in [1.807, 2.05) is 6.34 Å². The van der Waals surface area contributed by atoms with Gasteiger partial charge in [-0.1, -0.05) is 13.8 Å². The molecule has 0 aromatic rings. The highest BCUT2D eigenvalue weighted by Gasteiger charge is 2.13. The van der Waals surface area contributed by atoms with Crippen molar-refractivity contribution in [2.75, 3.05) is 6.54 Å². The minimum Gasteiger partial charge on any atom is -0.170 e. The molecule has 1 atom stereocenters. The Kier molecular flexibility index (Phi) is 2.56. The third-order valence-electron chi connectivity index (χ3n) is 1.17. The summed E-state index contributed by atoms with van der Waals surface area (Å²) in [6, 6.07) is 0. The number of hydrogen-bond donors (Lipinski definition) is 1. The number of rotatable bonds is 2. The van der Waals surface area contributed by atoms with Crippen LogP contribution in [0.2, 0.25) is 0 Å². The second-order valence-corrected chi connectivity index (χ2v) is 3.44. The van der Waals surface area contributed by atoms with E-state index in [4.69, 9.17) is 0 Å². The molecule has 0 bridgehead atoms. The van der Waals surface area contributed by atoms with Gasteiger partial charge in [0.05, 0.1) is 0 Å². The summed E-state index contributed by atoms with van der Waals surface area (Å²) in [6.45, 7) is 5.35. The first-order valence-electron chi connectivity index (χ1n) is 3.32. The van der Waals surface area contributed by atoms with E-state index in [2.05, 4.69) is 39.9 Å². The summed E-state index contributed by atoms with van der Waals surface area (Å²) in [5.41, 5.74) is 0. The van der Waals surface area contributed by atoms with Crippen molar-refractivity contribution < 1.29 is 5.01 Å².